The number of H-pyrrole nitrogens is 1. The highest BCUT2D eigenvalue weighted by molar-refractivity contribution is 5.72. The minimum Gasteiger partial charge on any atom is -0.408 e. The van der Waals surface area contributed by atoms with E-state index in [1.54, 1.807) is 12.1 Å². The zero-order valence-corrected chi connectivity index (χ0v) is 16.3. The molecule has 3 N–H and O–H groups in total. The molecule has 2 fully saturated rings. The first-order valence-corrected chi connectivity index (χ1v) is 10.3. The summed E-state index contributed by atoms with van der Waals surface area (Å²) in [7, 11) is 0. The summed E-state index contributed by atoms with van der Waals surface area (Å²) in [6.45, 7) is 2.35. The van der Waals surface area contributed by atoms with Gasteiger partial charge in [0.2, 0.25) is 0 Å². The fourth-order valence-corrected chi connectivity index (χ4v) is 5.35. The molecule has 2 aliphatic rings. The van der Waals surface area contributed by atoms with Crippen LogP contribution in [0.3, 0.4) is 0 Å². The number of hydrogen-bond donors (Lipinski definition) is 3. The second-order valence-corrected chi connectivity index (χ2v) is 8.82. The minimum absolute atomic E-state index is 0.468. The molecule has 0 amide bonds. The molecule has 6 heteroatoms. The van der Waals surface area contributed by atoms with Crippen molar-refractivity contribution >= 4 is 11.1 Å². The van der Waals surface area contributed by atoms with Gasteiger partial charge in [-0.25, -0.2) is 4.79 Å². The number of hydrogen-bond acceptors (Lipinski definition) is 5. The number of aliphatic hydroxyl groups is 2. The first-order chi connectivity index (χ1) is 14.0. The number of nitrogens with zero attached hydrogens (tertiary/aromatic N) is 1. The Hall–Kier alpha value is -2.41. The molecule has 1 saturated carbocycles. The van der Waals surface area contributed by atoms with Gasteiger partial charge in [0.05, 0.1) is 17.2 Å². The molecule has 2 heterocycles. The average Bonchev–Trinajstić information content (AvgIpc) is 3.31. The molecular formula is C23H26N2O4. The summed E-state index contributed by atoms with van der Waals surface area (Å²) in [6.07, 6.45) is 1.71. The number of β-amino-alcohol motifs (C(OH)–C–C–N with tert-alkyl or cyclic N) is 1. The largest absolute Gasteiger partial charge is 0.417 e. The van der Waals surface area contributed by atoms with Crippen LogP contribution in [0.1, 0.15) is 30.1 Å². The third-order valence-corrected chi connectivity index (χ3v) is 6.57. The number of aliphatic hydroxyl groups excluding tert-OH is 1. The van der Waals surface area contributed by atoms with Crippen LogP contribution in [0.5, 0.6) is 0 Å². The summed E-state index contributed by atoms with van der Waals surface area (Å²) in [5.74, 6) is 0.462. The Labute approximate surface area is 168 Å². The second kappa shape index (κ2) is 7.13. The van der Waals surface area contributed by atoms with Gasteiger partial charge in [0, 0.05) is 26.1 Å². The van der Waals surface area contributed by atoms with Crippen molar-refractivity contribution in [3.05, 3.63) is 70.2 Å². The Morgan fingerprint density at radius 1 is 1.14 bits per heavy atom. The van der Waals surface area contributed by atoms with E-state index in [9.17, 15) is 15.0 Å². The molecule has 1 aromatic heterocycles. The average molecular weight is 394 g/mol. The highest BCUT2D eigenvalue weighted by Gasteiger charge is 2.48. The first kappa shape index (κ1) is 18.6. The van der Waals surface area contributed by atoms with Gasteiger partial charge >= 0.3 is 5.76 Å². The summed E-state index contributed by atoms with van der Waals surface area (Å²) in [6, 6.07) is 15.5. The first-order valence-electron chi connectivity index (χ1n) is 10.3. The third-order valence-electron chi connectivity index (χ3n) is 6.57. The SMILES string of the molecule is O=c1[nH]c2ccc(C(O)CN3C[C@@H]4C[C@](O)(Cc5ccccc5)C[C@@H]4C3)cc2o1. The van der Waals surface area contributed by atoms with E-state index >= 15 is 0 Å². The van der Waals surface area contributed by atoms with Crippen LogP contribution in [0.25, 0.3) is 11.1 Å². The number of aromatic nitrogens is 1. The highest BCUT2D eigenvalue weighted by atomic mass is 16.4. The van der Waals surface area contributed by atoms with Gasteiger partial charge in [-0.15, -0.1) is 0 Å². The number of benzene rings is 2. The van der Waals surface area contributed by atoms with E-state index in [0.717, 1.165) is 31.5 Å². The smallest absolute Gasteiger partial charge is 0.408 e. The summed E-state index contributed by atoms with van der Waals surface area (Å²) in [5, 5.41) is 21.8. The van der Waals surface area contributed by atoms with Crippen molar-refractivity contribution < 1.29 is 14.6 Å². The molecular weight excluding hydrogens is 368 g/mol. The van der Waals surface area contributed by atoms with Crippen molar-refractivity contribution in [3.8, 4) is 0 Å². The fraction of sp³-hybridized carbons (Fsp3) is 0.435. The lowest BCUT2D eigenvalue weighted by Crippen LogP contribution is -2.33. The van der Waals surface area contributed by atoms with Crippen molar-refractivity contribution in [2.24, 2.45) is 11.8 Å². The predicted molar refractivity (Wildman–Crippen MR) is 110 cm³/mol. The lowest BCUT2D eigenvalue weighted by molar-refractivity contribution is 0.0328. The monoisotopic (exact) mass is 394 g/mol. The van der Waals surface area contributed by atoms with E-state index in [0.29, 0.717) is 35.9 Å². The number of nitrogens with one attached hydrogen (secondary N) is 1. The fourth-order valence-electron chi connectivity index (χ4n) is 5.35. The molecule has 1 aliphatic carbocycles. The van der Waals surface area contributed by atoms with E-state index in [1.807, 2.05) is 24.3 Å². The minimum atomic E-state index is -0.637. The van der Waals surface area contributed by atoms with Crippen LogP contribution in [-0.2, 0) is 6.42 Å². The number of rotatable bonds is 5. The molecule has 1 saturated heterocycles. The zero-order chi connectivity index (χ0) is 20.0. The van der Waals surface area contributed by atoms with Crippen LogP contribution in [0.15, 0.2) is 57.7 Å². The molecule has 152 valence electrons. The maximum atomic E-state index is 11.3. The Morgan fingerprint density at radius 2 is 1.86 bits per heavy atom. The van der Waals surface area contributed by atoms with Gasteiger partial charge in [-0.1, -0.05) is 36.4 Å². The molecule has 3 aromatic rings. The number of likely N-dealkylation sites (tertiary alicyclic amines) is 1. The van der Waals surface area contributed by atoms with Crippen molar-refractivity contribution in [2.45, 2.75) is 31.0 Å². The van der Waals surface area contributed by atoms with Crippen molar-refractivity contribution in [1.82, 2.24) is 9.88 Å². The van der Waals surface area contributed by atoms with Gasteiger partial charge in [0.25, 0.3) is 0 Å². The molecule has 2 aromatic carbocycles. The van der Waals surface area contributed by atoms with Gasteiger partial charge in [-0.3, -0.25) is 9.88 Å². The van der Waals surface area contributed by atoms with Crippen molar-refractivity contribution in [3.63, 3.8) is 0 Å². The maximum absolute atomic E-state index is 11.3. The Balaban J connectivity index is 1.20. The quantitative estimate of drug-likeness (QED) is 0.619. The van der Waals surface area contributed by atoms with Crippen LogP contribution in [0.4, 0.5) is 0 Å². The van der Waals surface area contributed by atoms with Crippen LogP contribution in [0, 0.1) is 11.8 Å². The van der Waals surface area contributed by atoms with Gasteiger partial charge in [-0.05, 0) is 47.9 Å². The van der Waals surface area contributed by atoms with E-state index in [2.05, 4.69) is 22.0 Å². The molecule has 1 aliphatic heterocycles. The molecule has 5 rings (SSSR count). The van der Waals surface area contributed by atoms with Gasteiger partial charge in [0.1, 0.15) is 0 Å². The van der Waals surface area contributed by atoms with E-state index in [1.165, 1.54) is 5.56 Å². The van der Waals surface area contributed by atoms with Gasteiger partial charge in [-0.2, -0.15) is 0 Å². The van der Waals surface area contributed by atoms with Crippen LogP contribution < -0.4 is 5.76 Å². The molecule has 29 heavy (non-hydrogen) atoms. The number of aromatic amines is 1. The van der Waals surface area contributed by atoms with Crippen LogP contribution in [0.2, 0.25) is 0 Å². The summed E-state index contributed by atoms with van der Waals surface area (Å²) in [4.78, 5) is 16.2. The third kappa shape index (κ3) is 3.75. The Morgan fingerprint density at radius 3 is 2.59 bits per heavy atom. The highest BCUT2D eigenvalue weighted by Crippen LogP contribution is 2.45. The number of oxazole rings is 1. The molecule has 0 spiro atoms. The second-order valence-electron chi connectivity index (χ2n) is 8.82. The van der Waals surface area contributed by atoms with E-state index in [4.69, 9.17) is 4.42 Å². The van der Waals surface area contributed by atoms with Gasteiger partial charge in [0.15, 0.2) is 5.58 Å². The summed E-state index contributed by atoms with van der Waals surface area (Å²) >= 11 is 0. The normalized spacial score (nSPS) is 28.1. The lowest BCUT2D eigenvalue weighted by atomic mass is 9.91. The topological polar surface area (TPSA) is 89.7 Å². The molecule has 0 bridgehead atoms. The van der Waals surface area contributed by atoms with Crippen molar-refractivity contribution in [1.29, 1.82) is 0 Å². The standard InChI is InChI=1S/C23H26N2O4/c26-20(16-6-7-19-21(8-16)29-22(27)24-19)14-25-12-17-10-23(28,11-18(17)13-25)9-15-4-2-1-3-5-15/h1-8,17-18,20,26,28H,9-14H2,(H,24,27)/t17-,18+,20?,23+. The van der Waals surface area contributed by atoms with Gasteiger partial charge < -0.3 is 14.6 Å². The molecule has 4 atom stereocenters. The zero-order valence-electron chi connectivity index (χ0n) is 16.3. The Bertz CT molecular complexity index is 1040. The van der Waals surface area contributed by atoms with Crippen LogP contribution >= 0.6 is 0 Å². The van der Waals surface area contributed by atoms with E-state index in [-0.39, 0.29) is 0 Å². The lowest BCUT2D eigenvalue weighted by Gasteiger charge is -2.27. The van der Waals surface area contributed by atoms with E-state index < -0.39 is 17.5 Å². The molecule has 0 radical (unpaired) electrons. The Kier molecular flexibility index (Phi) is 4.57. The molecule has 1 unspecified atom stereocenters. The maximum Gasteiger partial charge on any atom is 0.417 e. The molecule has 6 nitrogen and oxygen atoms in total. The number of fused-ring (bicyclic) bond motifs is 2. The summed E-state index contributed by atoms with van der Waals surface area (Å²) in [5.41, 5.74) is 2.43. The van der Waals surface area contributed by atoms with Crippen LogP contribution in [-0.4, -0.2) is 45.3 Å². The summed E-state index contributed by atoms with van der Waals surface area (Å²) < 4.78 is 5.10. The van der Waals surface area contributed by atoms with Crippen molar-refractivity contribution in [2.75, 3.05) is 19.6 Å². The predicted octanol–water partition coefficient (Wildman–Crippen LogP) is 2.47.